The summed E-state index contributed by atoms with van der Waals surface area (Å²) in [5.74, 6) is 0.991. The molecule has 0 aliphatic rings. The van der Waals surface area contributed by atoms with Gasteiger partial charge in [-0.1, -0.05) is 46.3 Å². The fourth-order valence-corrected chi connectivity index (χ4v) is 6.21. The van der Waals surface area contributed by atoms with E-state index in [2.05, 4.69) is 57.8 Å². The fraction of sp³-hybridized carbons (Fsp3) is 0.261. The van der Waals surface area contributed by atoms with Crippen molar-refractivity contribution in [2.75, 3.05) is 18.6 Å². The first kappa shape index (κ1) is 25.7. The first-order valence-corrected chi connectivity index (χ1v) is 12.9. The van der Waals surface area contributed by atoms with Gasteiger partial charge in [0.15, 0.2) is 11.2 Å². The maximum atomic E-state index is 12.8. The van der Waals surface area contributed by atoms with Crippen LogP contribution in [0.25, 0.3) is 11.2 Å². The predicted octanol–water partition coefficient (Wildman–Crippen LogP) is 3.79. The topological polar surface area (TPSA) is 105 Å². The number of aryl methyl sites for hydroxylation is 1. The molecule has 2 N–H and O–H groups in total. The van der Waals surface area contributed by atoms with Crippen LogP contribution in [0.5, 0.6) is 5.75 Å². The van der Waals surface area contributed by atoms with E-state index < -0.39 is 17.4 Å². The van der Waals surface area contributed by atoms with Crippen LogP contribution in [0.2, 0.25) is 0 Å². The fourth-order valence-electron chi connectivity index (χ4n) is 3.73. The van der Waals surface area contributed by atoms with Crippen molar-refractivity contribution in [2.45, 2.75) is 19.2 Å². The first-order chi connectivity index (χ1) is 16.7. The second-order valence-corrected chi connectivity index (χ2v) is 10.6. The third-order valence-electron chi connectivity index (χ3n) is 5.37. The second kappa shape index (κ2) is 10.7. The Morgan fingerprint density at radius 2 is 1.80 bits per heavy atom. The minimum Gasteiger partial charge on any atom is -0.488 e. The summed E-state index contributed by atoms with van der Waals surface area (Å²) >= 11 is 10.3. The average molecular weight is 672 g/mol. The zero-order valence-corrected chi connectivity index (χ0v) is 23.6. The van der Waals surface area contributed by atoms with Crippen LogP contribution in [0.4, 0.5) is 5.95 Å². The molecule has 2 aromatic heterocycles. The van der Waals surface area contributed by atoms with Gasteiger partial charge in [-0.25, -0.2) is 4.79 Å². The summed E-state index contributed by atoms with van der Waals surface area (Å²) in [6.07, 6.45) is -0.977. The van der Waals surface area contributed by atoms with Crippen LogP contribution in [-0.4, -0.2) is 44.0 Å². The average Bonchev–Trinajstić information content (AvgIpc) is 3.17. The van der Waals surface area contributed by atoms with E-state index in [-0.39, 0.29) is 24.3 Å². The van der Waals surface area contributed by atoms with Crippen molar-refractivity contribution in [3.8, 4) is 5.75 Å². The number of hydrogen-bond acceptors (Lipinski definition) is 6. The summed E-state index contributed by atoms with van der Waals surface area (Å²) in [7, 11) is 3.39. The number of H-pyrrole nitrogens is 1. The van der Waals surface area contributed by atoms with Crippen molar-refractivity contribution in [2.24, 2.45) is 7.05 Å². The molecule has 184 valence electrons. The number of nitrogens with one attached hydrogen (secondary N) is 1. The molecular weight excluding hydrogens is 650 g/mol. The molecule has 0 spiro atoms. The lowest BCUT2D eigenvalue weighted by Gasteiger charge is -2.22. The Kier molecular flexibility index (Phi) is 7.84. The van der Waals surface area contributed by atoms with E-state index in [4.69, 9.17) is 4.74 Å². The maximum Gasteiger partial charge on any atom is 0.329 e. The largest absolute Gasteiger partial charge is 0.488 e. The van der Waals surface area contributed by atoms with Gasteiger partial charge in [-0.05, 0) is 49.6 Å². The molecule has 12 heteroatoms. The number of ether oxygens (including phenoxy) is 1. The van der Waals surface area contributed by atoms with Crippen molar-refractivity contribution in [1.82, 2.24) is 19.1 Å². The highest BCUT2D eigenvalue weighted by Crippen LogP contribution is 2.36. The summed E-state index contributed by atoms with van der Waals surface area (Å²) in [5, 5.41) is 10.9. The van der Waals surface area contributed by atoms with Gasteiger partial charge in [-0.15, -0.1) is 0 Å². The van der Waals surface area contributed by atoms with E-state index >= 15 is 0 Å². The van der Waals surface area contributed by atoms with Gasteiger partial charge in [-0.2, -0.15) is 4.98 Å². The molecule has 0 saturated carbocycles. The zero-order valence-electron chi connectivity index (χ0n) is 18.8. The summed E-state index contributed by atoms with van der Waals surface area (Å²) in [5.41, 5.74) is 0.358. The van der Waals surface area contributed by atoms with E-state index in [9.17, 15) is 14.7 Å². The van der Waals surface area contributed by atoms with Gasteiger partial charge in [0.05, 0.1) is 15.5 Å². The number of aromatic nitrogens is 4. The SMILES string of the molecule is CN(Cc1ccccc1)c1nc2c(c(=O)[nH]c(=O)n2C)n1CC(O)COc1c(Br)cc(Br)cc1Br. The standard InChI is InChI=1S/C23H22Br3N5O4/c1-29(10-13-6-4-3-5-7-13)22-27-20-18(21(33)28-23(34)30(20)2)31(22)11-15(32)12-35-19-16(25)8-14(24)9-17(19)26/h3-9,15,32H,10-12H2,1-2H3,(H,28,33,34). The summed E-state index contributed by atoms with van der Waals surface area (Å²) in [4.78, 5) is 33.7. The Balaban J connectivity index is 1.67. The number of halogens is 3. The molecule has 2 heterocycles. The number of anilines is 1. The molecule has 0 fully saturated rings. The molecule has 1 unspecified atom stereocenters. The molecule has 1 atom stereocenters. The Bertz CT molecular complexity index is 1460. The number of nitrogens with zero attached hydrogens (tertiary/aromatic N) is 4. The number of aliphatic hydroxyl groups excluding tert-OH is 1. The summed E-state index contributed by atoms with van der Waals surface area (Å²) in [6, 6.07) is 13.5. The van der Waals surface area contributed by atoms with Gasteiger partial charge in [0.1, 0.15) is 18.5 Å². The summed E-state index contributed by atoms with van der Waals surface area (Å²) in [6.45, 7) is 0.503. The van der Waals surface area contributed by atoms with Crippen molar-refractivity contribution >= 4 is 64.9 Å². The smallest absolute Gasteiger partial charge is 0.329 e. The lowest BCUT2D eigenvalue weighted by molar-refractivity contribution is 0.0929. The van der Waals surface area contributed by atoms with Gasteiger partial charge in [0.2, 0.25) is 5.95 Å². The number of hydrogen-bond donors (Lipinski definition) is 2. The lowest BCUT2D eigenvalue weighted by atomic mass is 10.2. The monoisotopic (exact) mass is 669 g/mol. The first-order valence-electron chi connectivity index (χ1n) is 10.6. The van der Waals surface area contributed by atoms with Crippen molar-refractivity contribution in [1.29, 1.82) is 0 Å². The van der Waals surface area contributed by atoms with Gasteiger partial charge in [0, 0.05) is 25.1 Å². The highest BCUT2D eigenvalue weighted by Gasteiger charge is 2.22. The minimum absolute atomic E-state index is 0.0258. The normalized spacial score (nSPS) is 12.2. The number of rotatable bonds is 8. The van der Waals surface area contributed by atoms with Crippen LogP contribution in [-0.2, 0) is 20.1 Å². The highest BCUT2D eigenvalue weighted by molar-refractivity contribution is 9.11. The highest BCUT2D eigenvalue weighted by atomic mass is 79.9. The quantitative estimate of drug-likeness (QED) is 0.296. The molecule has 2 aromatic carbocycles. The maximum absolute atomic E-state index is 12.8. The molecule has 35 heavy (non-hydrogen) atoms. The van der Waals surface area contributed by atoms with E-state index in [0.717, 1.165) is 10.0 Å². The van der Waals surface area contributed by atoms with Crippen molar-refractivity contribution in [3.05, 3.63) is 82.3 Å². The van der Waals surface area contributed by atoms with Crippen molar-refractivity contribution < 1.29 is 9.84 Å². The molecule has 0 aliphatic carbocycles. The Morgan fingerprint density at radius 1 is 1.14 bits per heavy atom. The van der Waals surface area contributed by atoms with Crippen molar-refractivity contribution in [3.63, 3.8) is 0 Å². The lowest BCUT2D eigenvalue weighted by Crippen LogP contribution is -2.31. The molecule has 4 aromatic rings. The van der Waals surface area contributed by atoms with Gasteiger partial charge in [-0.3, -0.25) is 14.3 Å². The number of aliphatic hydroxyl groups is 1. The van der Waals surface area contributed by atoms with Crippen LogP contribution in [0, 0.1) is 0 Å². The van der Waals surface area contributed by atoms with Gasteiger partial charge < -0.3 is 19.3 Å². The van der Waals surface area contributed by atoms with Crippen LogP contribution >= 0.6 is 47.8 Å². The molecule has 0 radical (unpaired) electrons. The molecule has 0 saturated heterocycles. The number of fused-ring (bicyclic) bond motifs is 1. The number of aromatic amines is 1. The van der Waals surface area contributed by atoms with Gasteiger partial charge in [0.25, 0.3) is 5.56 Å². The third kappa shape index (κ3) is 5.55. The molecule has 4 rings (SSSR count). The van der Waals surface area contributed by atoms with E-state index in [0.29, 0.717) is 27.2 Å². The molecule has 0 bridgehead atoms. The second-order valence-electron chi connectivity index (χ2n) is 8.02. The Hall–Kier alpha value is -2.41. The van der Waals surface area contributed by atoms with Crippen LogP contribution in [0.1, 0.15) is 5.56 Å². The zero-order chi connectivity index (χ0) is 25.3. The Labute approximate surface area is 225 Å². The van der Waals surface area contributed by atoms with E-state index in [1.54, 1.807) is 11.6 Å². The molecule has 9 nitrogen and oxygen atoms in total. The van der Waals surface area contributed by atoms with Crippen LogP contribution in [0.3, 0.4) is 0 Å². The minimum atomic E-state index is -0.977. The van der Waals surface area contributed by atoms with Crippen LogP contribution in [0.15, 0.2) is 65.5 Å². The Morgan fingerprint density at radius 3 is 2.46 bits per heavy atom. The van der Waals surface area contributed by atoms with E-state index in [1.807, 2.05) is 54.4 Å². The summed E-state index contributed by atoms with van der Waals surface area (Å²) < 4.78 is 11.1. The van der Waals surface area contributed by atoms with E-state index in [1.165, 1.54) is 4.57 Å². The number of benzene rings is 2. The number of imidazole rings is 1. The molecule has 0 aliphatic heterocycles. The van der Waals surface area contributed by atoms with Crippen LogP contribution < -0.4 is 20.9 Å². The van der Waals surface area contributed by atoms with Gasteiger partial charge >= 0.3 is 5.69 Å². The molecule has 0 amide bonds. The molecular formula is C23H22Br3N5O4. The predicted molar refractivity (Wildman–Crippen MR) is 145 cm³/mol. The third-order valence-corrected chi connectivity index (χ3v) is 7.00.